The molecule has 1 heterocycles. The predicted molar refractivity (Wildman–Crippen MR) is 81.3 cm³/mol. The lowest BCUT2D eigenvalue weighted by atomic mass is 10.2. The first-order valence-electron chi connectivity index (χ1n) is 5.57. The molecular weight excluding hydrogens is 258 g/mol. The molecule has 0 saturated carbocycles. The number of nitrogens with two attached hydrogens (primary N) is 3. The van der Waals surface area contributed by atoms with E-state index in [2.05, 4.69) is 17.6 Å². The second kappa shape index (κ2) is 7.40. The van der Waals surface area contributed by atoms with Gasteiger partial charge in [0, 0.05) is 28.9 Å². The van der Waals surface area contributed by atoms with Crippen LogP contribution >= 0.6 is 12.6 Å². The van der Waals surface area contributed by atoms with E-state index < -0.39 is 0 Å². The Balaban J connectivity index is 0.000000200. The van der Waals surface area contributed by atoms with Crippen molar-refractivity contribution >= 4 is 24.2 Å². The summed E-state index contributed by atoms with van der Waals surface area (Å²) in [6.45, 7) is 0.529. The van der Waals surface area contributed by atoms with Crippen LogP contribution in [0.1, 0.15) is 11.3 Å². The van der Waals surface area contributed by atoms with E-state index in [1.165, 1.54) is 0 Å². The van der Waals surface area contributed by atoms with Gasteiger partial charge in [0.15, 0.2) is 0 Å². The zero-order valence-electron chi connectivity index (χ0n) is 10.4. The van der Waals surface area contributed by atoms with Crippen molar-refractivity contribution < 1.29 is 0 Å². The number of rotatable bonds is 2. The summed E-state index contributed by atoms with van der Waals surface area (Å²) in [5.41, 5.74) is 18.1. The zero-order valence-corrected chi connectivity index (χ0v) is 11.3. The largest absolute Gasteiger partial charge is 0.398 e. The lowest BCUT2D eigenvalue weighted by Crippen LogP contribution is -2.13. The molecule has 0 atom stereocenters. The minimum atomic E-state index is -0.0293. The highest BCUT2D eigenvalue weighted by Crippen LogP contribution is 2.15. The summed E-state index contributed by atoms with van der Waals surface area (Å²) in [4.78, 5) is 4.73. The molecule has 19 heavy (non-hydrogen) atoms. The highest BCUT2D eigenvalue weighted by Gasteiger charge is 2.01. The number of benzene rings is 1. The number of hydrogen-bond donors (Lipinski definition) is 5. The molecular formula is C13H17N5S. The molecule has 0 fully saturated rings. The minimum absolute atomic E-state index is 0.0293. The van der Waals surface area contributed by atoms with Crippen LogP contribution in [0.4, 0.5) is 5.69 Å². The maximum Gasteiger partial charge on any atom is 0.124 e. The number of nitrogen functional groups attached to an aromatic ring is 2. The van der Waals surface area contributed by atoms with E-state index in [9.17, 15) is 0 Å². The quantitative estimate of drug-likeness (QED) is 0.246. The molecule has 0 radical (unpaired) electrons. The highest BCUT2D eigenvalue weighted by atomic mass is 32.1. The minimum Gasteiger partial charge on any atom is -0.398 e. The number of anilines is 1. The van der Waals surface area contributed by atoms with Crippen molar-refractivity contribution in [3.05, 3.63) is 53.9 Å². The van der Waals surface area contributed by atoms with Gasteiger partial charge in [-0.3, -0.25) is 10.4 Å². The Morgan fingerprint density at radius 1 is 1.26 bits per heavy atom. The standard InChI is InChI=1S/C7H9N3S.C6H8N2/c8-6-2-1-4(11)3-5(6)7(9)10;7-5-6-3-1-2-4-8-6/h1-3,11H,8H2,(H3,9,10);1-4H,5,7H2. The lowest BCUT2D eigenvalue weighted by Gasteiger charge is -2.02. The number of nitrogens with zero attached hydrogens (tertiary/aromatic N) is 1. The predicted octanol–water partition coefficient (Wildman–Crippen LogP) is 1.38. The third-order valence-corrected chi connectivity index (χ3v) is 2.54. The summed E-state index contributed by atoms with van der Waals surface area (Å²) in [6.07, 6.45) is 1.74. The van der Waals surface area contributed by atoms with Crippen molar-refractivity contribution in [3.8, 4) is 0 Å². The third-order valence-electron chi connectivity index (χ3n) is 2.26. The Bertz CT molecular complexity index is 542. The molecule has 7 N–H and O–H groups in total. The fourth-order valence-electron chi connectivity index (χ4n) is 1.30. The monoisotopic (exact) mass is 275 g/mol. The van der Waals surface area contributed by atoms with Crippen LogP contribution in [-0.2, 0) is 6.54 Å². The van der Waals surface area contributed by atoms with Crippen molar-refractivity contribution in [2.45, 2.75) is 11.4 Å². The number of nitrogens with one attached hydrogen (secondary N) is 1. The van der Waals surface area contributed by atoms with Gasteiger partial charge in [-0.15, -0.1) is 12.6 Å². The van der Waals surface area contributed by atoms with Gasteiger partial charge in [-0.05, 0) is 30.3 Å². The first-order chi connectivity index (χ1) is 9.04. The molecule has 5 nitrogen and oxygen atoms in total. The number of amidine groups is 1. The third kappa shape index (κ3) is 4.99. The van der Waals surface area contributed by atoms with Gasteiger partial charge in [0.1, 0.15) is 5.84 Å². The topological polar surface area (TPSA) is 115 Å². The molecule has 2 rings (SSSR count). The van der Waals surface area contributed by atoms with E-state index in [-0.39, 0.29) is 5.84 Å². The van der Waals surface area contributed by atoms with Gasteiger partial charge in [0.2, 0.25) is 0 Å². The fraction of sp³-hybridized carbons (Fsp3) is 0.0769. The summed E-state index contributed by atoms with van der Waals surface area (Å²) in [6, 6.07) is 10.8. The second-order valence-electron chi connectivity index (χ2n) is 3.71. The van der Waals surface area contributed by atoms with Crippen molar-refractivity contribution in [2.24, 2.45) is 11.5 Å². The molecule has 0 unspecified atom stereocenters. The summed E-state index contributed by atoms with van der Waals surface area (Å²) in [7, 11) is 0. The van der Waals surface area contributed by atoms with Crippen LogP contribution in [0.3, 0.4) is 0 Å². The summed E-state index contributed by atoms with van der Waals surface area (Å²) in [5, 5.41) is 7.14. The molecule has 0 amide bonds. The second-order valence-corrected chi connectivity index (χ2v) is 4.23. The normalized spacial score (nSPS) is 9.37. The molecule has 2 aromatic rings. The molecule has 0 spiro atoms. The molecule has 0 aliphatic rings. The Labute approximate surface area is 117 Å². The van der Waals surface area contributed by atoms with Crippen LogP contribution in [0.5, 0.6) is 0 Å². The Morgan fingerprint density at radius 3 is 2.42 bits per heavy atom. The van der Waals surface area contributed by atoms with E-state index in [1.807, 2.05) is 18.2 Å². The number of hydrogen-bond acceptors (Lipinski definition) is 5. The van der Waals surface area contributed by atoms with Gasteiger partial charge in [0.05, 0.1) is 5.69 Å². The molecule has 0 aliphatic carbocycles. The van der Waals surface area contributed by atoms with Crippen LogP contribution in [-0.4, -0.2) is 10.8 Å². The average molecular weight is 275 g/mol. The van der Waals surface area contributed by atoms with E-state index in [0.29, 0.717) is 17.8 Å². The Morgan fingerprint density at radius 2 is 2.00 bits per heavy atom. The molecule has 100 valence electrons. The molecule has 6 heteroatoms. The Kier molecular flexibility index (Phi) is 5.84. The SMILES string of the molecule is N=C(N)c1cc(S)ccc1N.NCc1ccccn1. The smallest absolute Gasteiger partial charge is 0.124 e. The number of aromatic nitrogens is 1. The van der Waals surface area contributed by atoms with Crippen molar-refractivity contribution in [2.75, 3.05) is 5.73 Å². The highest BCUT2D eigenvalue weighted by molar-refractivity contribution is 7.80. The molecule has 0 aliphatic heterocycles. The van der Waals surface area contributed by atoms with Gasteiger partial charge in [-0.1, -0.05) is 6.07 Å². The first-order valence-corrected chi connectivity index (χ1v) is 6.02. The van der Waals surface area contributed by atoms with Crippen LogP contribution in [0.25, 0.3) is 0 Å². The van der Waals surface area contributed by atoms with E-state index in [1.54, 1.807) is 24.4 Å². The maximum atomic E-state index is 7.14. The van der Waals surface area contributed by atoms with Crippen LogP contribution in [0.2, 0.25) is 0 Å². The summed E-state index contributed by atoms with van der Waals surface area (Å²) in [5.74, 6) is -0.0293. The van der Waals surface area contributed by atoms with Crippen LogP contribution in [0, 0.1) is 5.41 Å². The number of thiol groups is 1. The molecule has 0 bridgehead atoms. The van der Waals surface area contributed by atoms with E-state index in [4.69, 9.17) is 22.6 Å². The van der Waals surface area contributed by atoms with Gasteiger partial charge in [-0.2, -0.15) is 0 Å². The molecule has 0 saturated heterocycles. The lowest BCUT2D eigenvalue weighted by molar-refractivity contribution is 0.991. The summed E-state index contributed by atoms with van der Waals surface area (Å²) < 4.78 is 0. The van der Waals surface area contributed by atoms with E-state index in [0.717, 1.165) is 10.6 Å². The maximum absolute atomic E-state index is 7.14. The van der Waals surface area contributed by atoms with Crippen molar-refractivity contribution in [1.82, 2.24) is 4.98 Å². The van der Waals surface area contributed by atoms with Gasteiger partial charge >= 0.3 is 0 Å². The number of pyridine rings is 1. The van der Waals surface area contributed by atoms with Crippen molar-refractivity contribution in [3.63, 3.8) is 0 Å². The van der Waals surface area contributed by atoms with Crippen LogP contribution in [0.15, 0.2) is 47.5 Å². The molecule has 1 aromatic heterocycles. The Hall–Kier alpha value is -2.05. The fourth-order valence-corrected chi connectivity index (χ4v) is 1.50. The molecule has 1 aromatic carbocycles. The first kappa shape index (κ1) is 15.0. The summed E-state index contributed by atoms with van der Waals surface area (Å²) >= 11 is 4.09. The van der Waals surface area contributed by atoms with Gasteiger partial charge in [0.25, 0.3) is 0 Å². The van der Waals surface area contributed by atoms with Gasteiger partial charge < -0.3 is 17.2 Å². The van der Waals surface area contributed by atoms with Gasteiger partial charge in [-0.25, -0.2) is 0 Å². The van der Waals surface area contributed by atoms with E-state index >= 15 is 0 Å². The zero-order chi connectivity index (χ0) is 14.3. The average Bonchev–Trinajstić information content (AvgIpc) is 2.43. The van der Waals surface area contributed by atoms with Crippen LogP contribution < -0.4 is 17.2 Å². The van der Waals surface area contributed by atoms with Crippen molar-refractivity contribution in [1.29, 1.82) is 5.41 Å².